The van der Waals surface area contributed by atoms with Gasteiger partial charge >= 0.3 is 16.3 Å². The van der Waals surface area contributed by atoms with Gasteiger partial charge in [0.1, 0.15) is 16.5 Å². The van der Waals surface area contributed by atoms with Crippen LogP contribution in [0.4, 0.5) is 5.69 Å². The summed E-state index contributed by atoms with van der Waals surface area (Å²) < 4.78 is 39.2. The molecule has 3 aromatic rings. The summed E-state index contributed by atoms with van der Waals surface area (Å²) in [6.07, 6.45) is 0.293. The Morgan fingerprint density at radius 1 is 1.28 bits per heavy atom. The molecule has 1 radical (unpaired) electrons. The second-order valence-electron chi connectivity index (χ2n) is 7.49. The third-order valence-electron chi connectivity index (χ3n) is 3.85. The van der Waals surface area contributed by atoms with Crippen LogP contribution < -0.4 is 4.72 Å². The predicted molar refractivity (Wildman–Crippen MR) is 112 cm³/mol. The van der Waals surface area contributed by atoms with Gasteiger partial charge in [-0.2, -0.15) is 8.42 Å². The maximum absolute atomic E-state index is 12.9. The molecule has 3 rings (SSSR count). The van der Waals surface area contributed by atoms with E-state index in [4.69, 9.17) is 9.29 Å². The van der Waals surface area contributed by atoms with E-state index in [1.165, 1.54) is 23.5 Å². The lowest BCUT2D eigenvalue weighted by molar-refractivity contribution is -0.156. The molecule has 29 heavy (non-hydrogen) atoms. The predicted octanol–water partition coefficient (Wildman–Crippen LogP) is 3.98. The molecule has 2 N–H and O–H groups in total. The number of esters is 1. The van der Waals surface area contributed by atoms with Crippen molar-refractivity contribution in [1.82, 2.24) is 4.98 Å². The summed E-state index contributed by atoms with van der Waals surface area (Å²) in [5.41, 5.74) is 1.03. The van der Waals surface area contributed by atoms with Crippen molar-refractivity contribution < 1.29 is 22.5 Å². The summed E-state index contributed by atoms with van der Waals surface area (Å²) >= 11 is 1.44. The monoisotopic (exact) mass is 433 g/mol. The van der Waals surface area contributed by atoms with E-state index in [2.05, 4.69) is 11.1 Å². The number of aromatic nitrogens is 1. The zero-order valence-electron chi connectivity index (χ0n) is 16.2. The van der Waals surface area contributed by atoms with Crippen LogP contribution in [0.3, 0.4) is 0 Å². The quantitative estimate of drug-likeness (QED) is 0.450. The highest BCUT2D eigenvalue weighted by molar-refractivity contribution is 7.87. The van der Waals surface area contributed by atoms with Crippen LogP contribution in [0.5, 0.6) is 0 Å². The van der Waals surface area contributed by atoms with Crippen molar-refractivity contribution in [2.45, 2.75) is 38.7 Å². The smallest absolute Gasteiger partial charge is 0.357 e. The van der Waals surface area contributed by atoms with E-state index in [1.807, 2.05) is 49.8 Å². The number of thiazole rings is 1. The lowest BCUT2D eigenvalue weighted by Gasteiger charge is -2.23. The van der Waals surface area contributed by atoms with Crippen LogP contribution >= 0.6 is 11.3 Å². The number of fused-ring (bicyclic) bond motifs is 1. The molecule has 0 saturated carbocycles. The van der Waals surface area contributed by atoms with Gasteiger partial charge in [-0.1, -0.05) is 18.2 Å². The molecule has 0 aliphatic rings. The molecule has 1 unspecified atom stereocenters. The number of nitrogens with one attached hydrogen (secondary N) is 1. The van der Waals surface area contributed by atoms with Gasteiger partial charge in [0.25, 0.3) is 0 Å². The molecule has 2 aromatic carbocycles. The standard InChI is InChI=1S/C20H21N2O5S2/c1-20(2,3)27-19(23)15(18-21-16-6-4-5-7-17(16)28-18)12-13-8-10-14(11-9-13)22-29(24,25)26/h4-8,10-11,15,22H,12H2,1-3H3,(H,24,25,26). The van der Waals surface area contributed by atoms with Gasteiger partial charge in [-0.25, -0.2) is 4.98 Å². The fourth-order valence-electron chi connectivity index (χ4n) is 2.70. The van der Waals surface area contributed by atoms with Gasteiger partial charge in [0.15, 0.2) is 0 Å². The number of hydrogen-bond donors (Lipinski definition) is 2. The van der Waals surface area contributed by atoms with E-state index in [0.717, 1.165) is 10.2 Å². The lowest BCUT2D eigenvalue weighted by Crippen LogP contribution is -2.28. The summed E-state index contributed by atoms with van der Waals surface area (Å²) in [5.74, 6) is -1.01. The van der Waals surface area contributed by atoms with E-state index in [-0.39, 0.29) is 11.7 Å². The largest absolute Gasteiger partial charge is 0.459 e. The number of ether oxygens (including phenoxy) is 1. The molecule has 0 fully saturated rings. The maximum atomic E-state index is 12.9. The van der Waals surface area contributed by atoms with Crippen molar-refractivity contribution in [1.29, 1.82) is 0 Å². The second kappa shape index (κ2) is 8.10. The molecule has 0 amide bonds. The number of anilines is 1. The first-order valence-corrected chi connectivity index (χ1v) is 11.1. The molecule has 0 aliphatic heterocycles. The average Bonchev–Trinajstić information content (AvgIpc) is 3.01. The molecular formula is C20H21N2O5S2. The topological polar surface area (TPSA) is 106 Å². The summed E-state index contributed by atoms with van der Waals surface area (Å²) in [6, 6.07) is 15.1. The fourth-order valence-corrected chi connectivity index (χ4v) is 4.18. The van der Waals surface area contributed by atoms with Crippen molar-refractivity contribution in [3.63, 3.8) is 0 Å². The van der Waals surface area contributed by atoms with Crippen molar-refractivity contribution in [2.24, 2.45) is 0 Å². The summed E-state index contributed by atoms with van der Waals surface area (Å²) in [6.45, 7) is 5.42. The second-order valence-corrected chi connectivity index (χ2v) is 9.71. The Labute approximate surface area is 173 Å². The number of carbonyl (C=O) groups is 1. The van der Waals surface area contributed by atoms with Crippen LogP contribution in [0.25, 0.3) is 10.2 Å². The Bertz CT molecular complexity index is 1080. The lowest BCUT2D eigenvalue weighted by atomic mass is 9.99. The van der Waals surface area contributed by atoms with Crippen LogP contribution in [0.15, 0.2) is 42.5 Å². The third kappa shape index (κ3) is 5.99. The Kier molecular flexibility index (Phi) is 5.92. The van der Waals surface area contributed by atoms with Gasteiger partial charge in [0.05, 0.1) is 15.9 Å². The van der Waals surface area contributed by atoms with E-state index < -0.39 is 21.8 Å². The first kappa shape index (κ1) is 21.2. The summed E-state index contributed by atoms with van der Waals surface area (Å²) in [4.78, 5) is 17.5. The minimum Gasteiger partial charge on any atom is -0.459 e. The van der Waals surface area contributed by atoms with Gasteiger partial charge in [0, 0.05) is 0 Å². The number of para-hydroxylation sites is 1. The van der Waals surface area contributed by atoms with Crippen LogP contribution in [-0.2, 0) is 26.3 Å². The van der Waals surface area contributed by atoms with Crippen molar-refractivity contribution >= 4 is 43.5 Å². The minimum atomic E-state index is -4.36. The van der Waals surface area contributed by atoms with Gasteiger partial charge in [0.2, 0.25) is 0 Å². The number of benzene rings is 2. The third-order valence-corrected chi connectivity index (χ3v) is 5.49. The highest BCUT2D eigenvalue weighted by Gasteiger charge is 2.29. The van der Waals surface area contributed by atoms with E-state index in [0.29, 0.717) is 17.0 Å². The van der Waals surface area contributed by atoms with Crippen molar-refractivity contribution in [2.75, 3.05) is 4.72 Å². The first-order chi connectivity index (χ1) is 13.5. The Hall–Kier alpha value is -2.49. The highest BCUT2D eigenvalue weighted by atomic mass is 32.2. The first-order valence-electron chi connectivity index (χ1n) is 8.84. The Morgan fingerprint density at radius 2 is 2.00 bits per heavy atom. The van der Waals surface area contributed by atoms with Gasteiger partial charge < -0.3 is 4.74 Å². The normalized spacial score (nSPS) is 13.2. The molecule has 1 heterocycles. The van der Waals surface area contributed by atoms with Gasteiger partial charge in [-0.05, 0) is 63.1 Å². The highest BCUT2D eigenvalue weighted by Crippen LogP contribution is 2.32. The number of nitrogens with zero attached hydrogens (tertiary/aromatic N) is 1. The fraction of sp³-hybridized carbons (Fsp3) is 0.300. The molecular weight excluding hydrogens is 412 g/mol. The Balaban J connectivity index is 1.89. The van der Waals surface area contributed by atoms with Crippen LogP contribution in [0.1, 0.15) is 37.3 Å². The number of rotatable bonds is 6. The summed E-state index contributed by atoms with van der Waals surface area (Å²) in [5, 5.41) is 0.647. The maximum Gasteiger partial charge on any atom is 0.357 e. The molecule has 7 nitrogen and oxygen atoms in total. The average molecular weight is 434 g/mol. The molecule has 153 valence electrons. The zero-order valence-corrected chi connectivity index (χ0v) is 17.8. The Morgan fingerprint density at radius 3 is 2.59 bits per heavy atom. The molecule has 1 atom stereocenters. The van der Waals surface area contributed by atoms with Gasteiger partial charge in [-0.3, -0.25) is 14.1 Å². The van der Waals surface area contributed by atoms with E-state index in [1.54, 1.807) is 6.07 Å². The molecule has 0 aliphatic carbocycles. The molecule has 0 saturated heterocycles. The molecule has 1 aromatic heterocycles. The number of carbonyl (C=O) groups excluding carboxylic acids is 1. The van der Waals surface area contributed by atoms with Crippen LogP contribution in [0, 0.1) is 6.07 Å². The molecule has 0 bridgehead atoms. The minimum absolute atomic E-state index is 0.171. The summed E-state index contributed by atoms with van der Waals surface area (Å²) in [7, 11) is -4.36. The van der Waals surface area contributed by atoms with E-state index >= 15 is 0 Å². The molecule has 0 spiro atoms. The van der Waals surface area contributed by atoms with Crippen molar-refractivity contribution in [3.05, 3.63) is 59.1 Å². The number of hydrogen-bond acceptors (Lipinski definition) is 6. The van der Waals surface area contributed by atoms with Gasteiger partial charge in [-0.15, -0.1) is 11.3 Å². The van der Waals surface area contributed by atoms with Crippen LogP contribution in [0.2, 0.25) is 0 Å². The van der Waals surface area contributed by atoms with Crippen LogP contribution in [-0.4, -0.2) is 29.5 Å². The SMILES string of the molecule is CC(C)(C)OC(=O)C(Cc1[c]cc(NS(=O)(=O)O)cc1)c1nc2ccccc2s1. The molecule has 9 heteroatoms. The van der Waals surface area contributed by atoms with E-state index in [9.17, 15) is 13.2 Å². The van der Waals surface area contributed by atoms with Crippen molar-refractivity contribution in [3.8, 4) is 0 Å². The zero-order chi connectivity index (χ0) is 21.2.